The zero-order valence-corrected chi connectivity index (χ0v) is 27.1. The first-order chi connectivity index (χ1) is 22.8. The van der Waals surface area contributed by atoms with Gasteiger partial charge in [0, 0.05) is 27.4 Å². The minimum Gasteiger partial charge on any atom is -0.496 e. The van der Waals surface area contributed by atoms with Crippen molar-refractivity contribution in [2.75, 3.05) is 17.7 Å². The maximum Gasteiger partial charge on any atom is 0.272 e. The lowest BCUT2D eigenvalue weighted by atomic mass is 10.1. The van der Waals surface area contributed by atoms with E-state index in [2.05, 4.69) is 22.0 Å². The van der Waals surface area contributed by atoms with Crippen molar-refractivity contribution in [2.45, 2.75) is 24.0 Å². The van der Waals surface area contributed by atoms with Crippen molar-refractivity contribution in [1.82, 2.24) is 5.32 Å². The highest BCUT2D eigenvalue weighted by Gasteiger charge is 2.23. The SMILES string of the molecule is COc1ccccc1/C=C(/NC(=O)c1ccccc1)C(=O)Nc1cccc(SC(C(=O)Nc2cc(C)cc(C)c2)c2ccccc2)c1. The molecule has 236 valence electrons. The van der Waals surface area contributed by atoms with Gasteiger partial charge in [0.2, 0.25) is 5.91 Å². The zero-order valence-electron chi connectivity index (χ0n) is 26.3. The molecule has 5 rings (SSSR count). The first-order valence-corrected chi connectivity index (χ1v) is 15.9. The van der Waals surface area contributed by atoms with Crippen LogP contribution in [0.15, 0.2) is 138 Å². The Kier molecular flexibility index (Phi) is 10.9. The first kappa shape index (κ1) is 32.8. The molecule has 0 saturated carbocycles. The Labute approximate surface area is 279 Å². The Morgan fingerprint density at radius 3 is 2.06 bits per heavy atom. The van der Waals surface area contributed by atoms with Gasteiger partial charge in [-0.3, -0.25) is 14.4 Å². The third-order valence-electron chi connectivity index (χ3n) is 7.14. The van der Waals surface area contributed by atoms with E-state index in [9.17, 15) is 14.4 Å². The Balaban J connectivity index is 1.39. The average Bonchev–Trinajstić information content (AvgIpc) is 3.07. The van der Waals surface area contributed by atoms with Gasteiger partial charge in [-0.25, -0.2) is 0 Å². The van der Waals surface area contributed by atoms with Crippen molar-refractivity contribution in [3.05, 3.63) is 161 Å². The lowest BCUT2D eigenvalue weighted by Crippen LogP contribution is -2.30. The number of anilines is 2. The Morgan fingerprint density at radius 1 is 0.702 bits per heavy atom. The molecule has 0 aliphatic rings. The first-order valence-electron chi connectivity index (χ1n) is 15.0. The van der Waals surface area contributed by atoms with Crippen molar-refractivity contribution >= 4 is 46.9 Å². The van der Waals surface area contributed by atoms with Gasteiger partial charge >= 0.3 is 0 Å². The lowest BCUT2D eigenvalue weighted by molar-refractivity contribution is -0.116. The Hall–Kier alpha value is -5.60. The Morgan fingerprint density at radius 2 is 1.36 bits per heavy atom. The fraction of sp³-hybridized carbons (Fsp3) is 0.103. The van der Waals surface area contributed by atoms with Gasteiger partial charge in [-0.15, -0.1) is 11.8 Å². The number of aryl methyl sites for hydroxylation is 2. The molecule has 0 aliphatic carbocycles. The van der Waals surface area contributed by atoms with Gasteiger partial charge in [-0.05, 0) is 85.1 Å². The summed E-state index contributed by atoms with van der Waals surface area (Å²) in [5.41, 5.74) is 5.28. The number of hydrogen-bond acceptors (Lipinski definition) is 5. The van der Waals surface area contributed by atoms with Crippen LogP contribution >= 0.6 is 11.8 Å². The van der Waals surface area contributed by atoms with Crippen LogP contribution in [0.4, 0.5) is 11.4 Å². The average molecular weight is 642 g/mol. The standard InChI is InChI=1S/C39H35N3O4S/c1-26-21-27(2)23-32(22-26)41-39(45)36(28-13-6-4-7-14-28)47-33-19-12-18-31(25-33)40-38(44)34(24-30-17-10-11-20-35(30)46-3)42-37(43)29-15-8-5-9-16-29/h4-25,36H,1-3H3,(H,40,44)(H,41,45)(H,42,43)/b34-24+. The van der Waals surface area contributed by atoms with Gasteiger partial charge in [-0.1, -0.05) is 78.9 Å². The van der Waals surface area contributed by atoms with Crippen LogP contribution in [0.5, 0.6) is 5.75 Å². The highest BCUT2D eigenvalue weighted by atomic mass is 32.2. The number of thioether (sulfide) groups is 1. The quantitative estimate of drug-likeness (QED) is 0.0998. The molecular weight excluding hydrogens is 607 g/mol. The molecule has 1 atom stereocenters. The van der Waals surface area contributed by atoms with E-state index < -0.39 is 17.1 Å². The largest absolute Gasteiger partial charge is 0.496 e. The van der Waals surface area contributed by atoms with E-state index in [0.29, 0.717) is 22.6 Å². The number of para-hydroxylation sites is 1. The second-order valence-electron chi connectivity index (χ2n) is 10.9. The van der Waals surface area contributed by atoms with E-state index in [4.69, 9.17) is 4.74 Å². The predicted molar refractivity (Wildman–Crippen MR) is 190 cm³/mol. The monoisotopic (exact) mass is 641 g/mol. The summed E-state index contributed by atoms with van der Waals surface area (Å²) in [6, 6.07) is 38.7. The number of methoxy groups -OCH3 is 1. The van der Waals surface area contributed by atoms with Crippen molar-refractivity contribution in [3.63, 3.8) is 0 Å². The van der Waals surface area contributed by atoms with Crippen LogP contribution in [0.25, 0.3) is 6.08 Å². The van der Waals surface area contributed by atoms with Crippen LogP contribution in [0, 0.1) is 13.8 Å². The molecular formula is C39H35N3O4S. The molecule has 1 unspecified atom stereocenters. The van der Waals surface area contributed by atoms with Crippen LogP contribution in [0.3, 0.4) is 0 Å². The zero-order chi connectivity index (χ0) is 33.2. The number of amides is 3. The van der Waals surface area contributed by atoms with E-state index >= 15 is 0 Å². The second-order valence-corrected chi connectivity index (χ2v) is 12.1. The van der Waals surface area contributed by atoms with Gasteiger partial charge in [0.15, 0.2) is 0 Å². The highest BCUT2D eigenvalue weighted by Crippen LogP contribution is 2.37. The van der Waals surface area contributed by atoms with Crippen LogP contribution in [0.2, 0.25) is 0 Å². The number of carbonyl (C=O) groups excluding carboxylic acids is 3. The topological polar surface area (TPSA) is 96.5 Å². The summed E-state index contributed by atoms with van der Waals surface area (Å²) in [7, 11) is 1.54. The summed E-state index contributed by atoms with van der Waals surface area (Å²) < 4.78 is 5.47. The molecule has 7 nitrogen and oxygen atoms in total. The summed E-state index contributed by atoms with van der Waals surface area (Å²) in [6.07, 6.45) is 1.58. The Bertz CT molecular complexity index is 1890. The lowest BCUT2D eigenvalue weighted by Gasteiger charge is -2.18. The number of hydrogen-bond donors (Lipinski definition) is 3. The van der Waals surface area contributed by atoms with E-state index in [-0.39, 0.29) is 11.6 Å². The van der Waals surface area contributed by atoms with Crippen LogP contribution < -0.4 is 20.7 Å². The number of ether oxygens (including phenoxy) is 1. The van der Waals surface area contributed by atoms with Crippen molar-refractivity contribution < 1.29 is 19.1 Å². The van der Waals surface area contributed by atoms with Gasteiger partial charge < -0.3 is 20.7 Å². The highest BCUT2D eigenvalue weighted by molar-refractivity contribution is 8.00. The molecule has 0 saturated heterocycles. The summed E-state index contributed by atoms with van der Waals surface area (Å²) >= 11 is 1.38. The molecule has 0 heterocycles. The molecule has 3 amide bonds. The number of benzene rings is 5. The van der Waals surface area contributed by atoms with Crippen LogP contribution in [-0.2, 0) is 9.59 Å². The molecule has 5 aromatic rings. The molecule has 0 aromatic heterocycles. The summed E-state index contributed by atoms with van der Waals surface area (Å²) in [5.74, 6) is -0.552. The maximum atomic E-state index is 13.7. The third-order valence-corrected chi connectivity index (χ3v) is 8.39. The molecule has 0 spiro atoms. The predicted octanol–water partition coefficient (Wildman–Crippen LogP) is 8.19. The molecule has 0 aliphatic heterocycles. The number of nitrogens with one attached hydrogen (secondary N) is 3. The fourth-order valence-corrected chi connectivity index (χ4v) is 6.10. The van der Waals surface area contributed by atoms with E-state index in [0.717, 1.165) is 27.3 Å². The molecule has 0 bridgehead atoms. The second kappa shape index (κ2) is 15.6. The maximum absolute atomic E-state index is 13.7. The van der Waals surface area contributed by atoms with E-state index in [1.165, 1.54) is 11.8 Å². The van der Waals surface area contributed by atoms with Crippen molar-refractivity contribution in [1.29, 1.82) is 0 Å². The van der Waals surface area contributed by atoms with Crippen molar-refractivity contribution in [3.8, 4) is 5.75 Å². The molecule has 3 N–H and O–H groups in total. The third kappa shape index (κ3) is 8.99. The molecule has 0 fully saturated rings. The number of rotatable bonds is 11. The molecule has 5 aromatic carbocycles. The van der Waals surface area contributed by atoms with Gasteiger partial charge in [-0.2, -0.15) is 0 Å². The van der Waals surface area contributed by atoms with Crippen LogP contribution in [-0.4, -0.2) is 24.8 Å². The molecule has 47 heavy (non-hydrogen) atoms. The molecule has 8 heteroatoms. The van der Waals surface area contributed by atoms with Gasteiger partial charge in [0.1, 0.15) is 16.7 Å². The summed E-state index contributed by atoms with van der Waals surface area (Å²) in [5, 5.41) is 8.20. The summed E-state index contributed by atoms with van der Waals surface area (Å²) in [4.78, 5) is 41.2. The van der Waals surface area contributed by atoms with E-state index in [1.807, 2.05) is 92.7 Å². The van der Waals surface area contributed by atoms with E-state index in [1.54, 1.807) is 55.7 Å². The fourth-order valence-electron chi connectivity index (χ4n) is 5.02. The van der Waals surface area contributed by atoms with Crippen LogP contribution in [0.1, 0.15) is 37.9 Å². The summed E-state index contributed by atoms with van der Waals surface area (Å²) in [6.45, 7) is 3.99. The van der Waals surface area contributed by atoms with Crippen molar-refractivity contribution in [2.24, 2.45) is 0 Å². The van der Waals surface area contributed by atoms with Gasteiger partial charge in [0.05, 0.1) is 7.11 Å². The normalized spacial score (nSPS) is 11.7. The van der Waals surface area contributed by atoms with Gasteiger partial charge in [0.25, 0.3) is 11.8 Å². The minimum absolute atomic E-state index is 0.0383. The smallest absolute Gasteiger partial charge is 0.272 e. The minimum atomic E-state index is -0.561. The number of carbonyl (C=O) groups is 3. The molecule has 0 radical (unpaired) electrons.